The van der Waals surface area contributed by atoms with Gasteiger partial charge >= 0.3 is 0 Å². The Hall–Kier alpha value is -6.08. The Morgan fingerprint density at radius 3 is 2.48 bits per heavy atom. The van der Waals surface area contributed by atoms with Crippen molar-refractivity contribution < 1.29 is 0 Å². The molecule has 9 rings (SSSR count). The first-order chi connectivity index (χ1) is 23.6. The highest BCUT2D eigenvalue weighted by Gasteiger charge is 2.31. The molecule has 3 heterocycles. The summed E-state index contributed by atoms with van der Waals surface area (Å²) in [6.45, 7) is 4.96. The molecule has 0 fully saturated rings. The molecule has 0 amide bonds. The van der Waals surface area contributed by atoms with E-state index >= 15 is 0 Å². The normalized spacial score (nSPS) is 14.0. The summed E-state index contributed by atoms with van der Waals surface area (Å²) in [5.74, 6) is 0. The van der Waals surface area contributed by atoms with E-state index in [-0.39, 0.29) is 0 Å². The van der Waals surface area contributed by atoms with Gasteiger partial charge in [-0.1, -0.05) is 30.9 Å². The molecule has 7 heteroatoms. The lowest BCUT2D eigenvalue weighted by Gasteiger charge is -2.31. The van der Waals surface area contributed by atoms with Crippen molar-refractivity contribution in [2.75, 3.05) is 0 Å². The van der Waals surface area contributed by atoms with Crippen LogP contribution in [0.25, 0.3) is 71.4 Å². The summed E-state index contributed by atoms with van der Waals surface area (Å²) in [5.41, 5.74) is 23.2. The molecule has 0 unspecified atom stereocenters. The quantitative estimate of drug-likeness (QED) is 0.0941. The minimum atomic E-state index is 0.737. The number of nitrogens with zero attached hydrogens (tertiary/aromatic N) is 4. The van der Waals surface area contributed by atoms with Crippen molar-refractivity contribution in [2.45, 2.75) is 32.2 Å². The van der Waals surface area contributed by atoms with Gasteiger partial charge in [-0.3, -0.25) is 5.41 Å². The number of aromatic amines is 1. The van der Waals surface area contributed by atoms with Crippen LogP contribution in [0.4, 0.5) is 0 Å². The third kappa shape index (κ3) is 4.20. The van der Waals surface area contributed by atoms with E-state index in [1.165, 1.54) is 71.5 Å². The first kappa shape index (κ1) is 28.2. The number of rotatable bonds is 7. The van der Waals surface area contributed by atoms with Gasteiger partial charge in [-0.05, 0) is 124 Å². The monoisotopic (exact) mass is 623 g/mol. The second-order valence-corrected chi connectivity index (χ2v) is 12.7. The topological polar surface area (TPSA) is 109 Å². The second-order valence-electron chi connectivity index (χ2n) is 12.7. The van der Waals surface area contributed by atoms with E-state index < -0.39 is 0 Å². The molecule has 0 bridgehead atoms. The maximum atomic E-state index is 7.31. The van der Waals surface area contributed by atoms with Crippen molar-refractivity contribution in [3.05, 3.63) is 126 Å². The predicted octanol–water partition coefficient (Wildman–Crippen LogP) is 8.47. The van der Waals surface area contributed by atoms with Crippen LogP contribution in [0.2, 0.25) is 0 Å². The molecule has 7 aromatic rings. The smallest absolute Gasteiger partial charge is 0.115 e. The number of hydrogen-bond acceptors (Lipinski definition) is 4. The number of benzene rings is 4. The second kappa shape index (κ2) is 11.0. The highest BCUT2D eigenvalue weighted by atomic mass is 15.0. The van der Waals surface area contributed by atoms with Gasteiger partial charge in [-0.2, -0.15) is 0 Å². The Kier molecular flexibility index (Phi) is 6.47. The minimum absolute atomic E-state index is 0.737. The van der Waals surface area contributed by atoms with Crippen LogP contribution < -0.4 is 5.73 Å². The average molecular weight is 624 g/mol. The summed E-state index contributed by atoms with van der Waals surface area (Å²) in [6, 6.07) is 18.1. The maximum absolute atomic E-state index is 7.31. The fourth-order valence-electron chi connectivity index (χ4n) is 8.13. The molecular formula is C41H33N7. The molecule has 2 aliphatic rings. The predicted molar refractivity (Wildman–Crippen MR) is 199 cm³/mol. The number of nitrogens with two attached hydrogens (primary N) is 1. The van der Waals surface area contributed by atoms with Gasteiger partial charge in [0, 0.05) is 63.3 Å². The Morgan fingerprint density at radius 1 is 0.875 bits per heavy atom. The van der Waals surface area contributed by atoms with Crippen molar-refractivity contribution in [3.63, 3.8) is 0 Å². The number of aryl methyl sites for hydroxylation is 4. The van der Waals surface area contributed by atoms with Gasteiger partial charge in [0.2, 0.25) is 0 Å². The van der Waals surface area contributed by atoms with Crippen molar-refractivity contribution in [2.24, 2.45) is 10.7 Å². The van der Waals surface area contributed by atoms with Crippen molar-refractivity contribution >= 4 is 61.7 Å². The largest absolute Gasteiger partial charge is 0.405 e. The number of hydrogen-bond donors (Lipinski definition) is 3. The van der Waals surface area contributed by atoms with E-state index in [2.05, 4.69) is 85.7 Å². The molecular weight excluding hydrogens is 591 g/mol. The first-order valence-electron chi connectivity index (χ1n) is 16.4. The van der Waals surface area contributed by atoms with Gasteiger partial charge in [0.15, 0.2) is 0 Å². The summed E-state index contributed by atoms with van der Waals surface area (Å²) in [7, 11) is 0. The van der Waals surface area contributed by atoms with Crippen molar-refractivity contribution in [1.82, 2.24) is 19.5 Å². The number of nitrogens with one attached hydrogen (secondary N) is 2. The molecule has 0 saturated carbocycles. The van der Waals surface area contributed by atoms with Crippen molar-refractivity contribution in [3.8, 4) is 22.3 Å². The number of fused-ring (bicyclic) bond motifs is 8. The zero-order valence-corrected chi connectivity index (χ0v) is 26.4. The summed E-state index contributed by atoms with van der Waals surface area (Å²) in [6.07, 6.45) is 19.6. The lowest BCUT2D eigenvalue weighted by molar-refractivity contribution is 0.859. The van der Waals surface area contributed by atoms with Crippen LogP contribution in [0, 0.1) is 5.41 Å². The number of aromatic nitrogens is 4. The standard InChI is InChI=1S/C41H33N7/c1-24(19-44-22-43)25-8-12-37-33(15-25)35-18-28-6-5-27-17-34-32-16-26(29-20-45-23-46-21-29)7-11-36(32)47-40(34)30-9-10-31(39(28)38(27)30)41(35)48(37)14-4-2-3-13-42/h2-4,7-8,11-13,15-23,43,47H,1,5-6,9-10,14,42H2/b4-2-,13-3-,43-22?,44-19?. The van der Waals surface area contributed by atoms with Gasteiger partial charge < -0.3 is 15.3 Å². The van der Waals surface area contributed by atoms with E-state index in [0.29, 0.717) is 0 Å². The molecule has 2 aliphatic carbocycles. The Bertz CT molecular complexity index is 2580. The first-order valence-corrected chi connectivity index (χ1v) is 16.4. The fraction of sp³-hybridized carbons (Fsp3) is 0.122. The molecule has 48 heavy (non-hydrogen) atoms. The van der Waals surface area contributed by atoms with Crippen LogP contribution in [-0.4, -0.2) is 32.1 Å². The lowest BCUT2D eigenvalue weighted by Crippen LogP contribution is -2.15. The summed E-state index contributed by atoms with van der Waals surface area (Å²) in [4.78, 5) is 16.3. The molecule has 3 aromatic heterocycles. The van der Waals surface area contributed by atoms with Crippen LogP contribution in [0.3, 0.4) is 0 Å². The van der Waals surface area contributed by atoms with E-state index in [1.54, 1.807) is 18.7 Å². The van der Waals surface area contributed by atoms with Gasteiger partial charge in [0.05, 0.1) is 11.0 Å². The minimum Gasteiger partial charge on any atom is -0.405 e. The average Bonchev–Trinajstić information content (AvgIpc) is 3.65. The van der Waals surface area contributed by atoms with E-state index in [1.807, 2.05) is 24.5 Å². The highest BCUT2D eigenvalue weighted by molar-refractivity contribution is 6.17. The zero-order valence-electron chi connectivity index (χ0n) is 26.4. The molecule has 7 nitrogen and oxygen atoms in total. The van der Waals surface area contributed by atoms with Crippen LogP contribution in [-0.2, 0) is 32.2 Å². The van der Waals surface area contributed by atoms with Crippen LogP contribution in [0.1, 0.15) is 27.8 Å². The van der Waals surface area contributed by atoms with E-state index in [4.69, 9.17) is 11.1 Å². The SMILES string of the molecule is C=C(C=NC=N)c1ccc2c(c1)c1cc3c4c(c1n2C/C=C\C=C/N)CCc1c-4c(cc2c1[nH]c1ccc(-c4cncnc4)cc12)CC3. The molecule has 0 atom stereocenters. The molecule has 4 aromatic carbocycles. The Labute approximate surface area is 277 Å². The van der Waals surface area contributed by atoms with Gasteiger partial charge in [0.25, 0.3) is 0 Å². The zero-order chi connectivity index (χ0) is 32.4. The molecule has 232 valence electrons. The summed E-state index contributed by atoms with van der Waals surface area (Å²) in [5, 5.41) is 12.4. The van der Waals surface area contributed by atoms with Gasteiger partial charge in [-0.25, -0.2) is 15.0 Å². The summed E-state index contributed by atoms with van der Waals surface area (Å²) < 4.78 is 2.47. The lowest BCUT2D eigenvalue weighted by atomic mass is 9.74. The third-order valence-corrected chi connectivity index (χ3v) is 10.2. The Morgan fingerprint density at radius 2 is 1.67 bits per heavy atom. The van der Waals surface area contributed by atoms with Gasteiger partial charge in [-0.15, -0.1) is 0 Å². The summed E-state index contributed by atoms with van der Waals surface area (Å²) >= 11 is 0. The number of aliphatic imine (C=N–C) groups is 1. The Balaban J connectivity index is 1.28. The van der Waals surface area contributed by atoms with E-state index in [0.717, 1.165) is 66.3 Å². The highest BCUT2D eigenvalue weighted by Crippen LogP contribution is 2.50. The molecule has 0 aliphatic heterocycles. The number of H-pyrrole nitrogens is 1. The molecule has 0 spiro atoms. The third-order valence-electron chi connectivity index (χ3n) is 10.2. The maximum Gasteiger partial charge on any atom is 0.115 e. The van der Waals surface area contributed by atoms with Crippen LogP contribution >= 0.6 is 0 Å². The number of allylic oxidation sites excluding steroid dienone is 4. The van der Waals surface area contributed by atoms with Crippen molar-refractivity contribution in [1.29, 1.82) is 5.41 Å². The van der Waals surface area contributed by atoms with Crippen LogP contribution in [0.5, 0.6) is 0 Å². The van der Waals surface area contributed by atoms with Crippen LogP contribution in [0.15, 0.2) is 103 Å². The molecule has 0 saturated heterocycles. The fourth-order valence-corrected chi connectivity index (χ4v) is 8.13. The van der Waals surface area contributed by atoms with Gasteiger partial charge in [0.1, 0.15) is 12.7 Å². The molecule has 0 radical (unpaired) electrons. The molecule has 4 N–H and O–H groups in total. The van der Waals surface area contributed by atoms with E-state index in [9.17, 15) is 0 Å².